The van der Waals surface area contributed by atoms with Crippen molar-refractivity contribution in [2.24, 2.45) is 16.8 Å². The molecule has 2 atom stereocenters. The Hall–Kier alpha value is -1.71. The standard InChI is InChI=1S/C19H30N4/c1-20-19(23-13-16-6-4-5-7-17(16)14-23)21-12-15-8-10-18(11-9-15)22(2)3/h8-11,16-17H,4-7,12-14H2,1-3H3,(H,20,21). The van der Waals surface area contributed by atoms with Crippen molar-refractivity contribution < 1.29 is 0 Å². The van der Waals surface area contributed by atoms with Gasteiger partial charge in [0.2, 0.25) is 0 Å². The van der Waals surface area contributed by atoms with E-state index >= 15 is 0 Å². The van der Waals surface area contributed by atoms with Crippen LogP contribution in [0.15, 0.2) is 29.3 Å². The summed E-state index contributed by atoms with van der Waals surface area (Å²) in [6.45, 7) is 3.21. The predicted molar refractivity (Wildman–Crippen MR) is 98.0 cm³/mol. The summed E-state index contributed by atoms with van der Waals surface area (Å²) in [5.74, 6) is 2.85. The first kappa shape index (κ1) is 16.2. The Morgan fingerprint density at radius 2 is 1.74 bits per heavy atom. The second-order valence-electron chi connectivity index (χ2n) is 7.17. The Kier molecular flexibility index (Phi) is 5.09. The quantitative estimate of drug-likeness (QED) is 0.687. The minimum Gasteiger partial charge on any atom is -0.378 e. The molecule has 3 rings (SSSR count). The van der Waals surface area contributed by atoms with Gasteiger partial charge in [-0.05, 0) is 42.4 Å². The van der Waals surface area contributed by atoms with Gasteiger partial charge in [-0.2, -0.15) is 0 Å². The molecule has 1 aromatic carbocycles. The molecule has 4 heteroatoms. The van der Waals surface area contributed by atoms with Gasteiger partial charge in [0, 0.05) is 46.5 Å². The van der Waals surface area contributed by atoms with Crippen LogP contribution in [-0.2, 0) is 6.54 Å². The fraction of sp³-hybridized carbons (Fsp3) is 0.632. The molecule has 4 nitrogen and oxygen atoms in total. The van der Waals surface area contributed by atoms with Gasteiger partial charge in [-0.25, -0.2) is 0 Å². The lowest BCUT2D eigenvalue weighted by atomic mass is 9.82. The number of nitrogens with zero attached hydrogens (tertiary/aromatic N) is 3. The van der Waals surface area contributed by atoms with E-state index < -0.39 is 0 Å². The average Bonchev–Trinajstić information content (AvgIpc) is 2.99. The normalized spacial score (nSPS) is 24.5. The van der Waals surface area contributed by atoms with Gasteiger partial charge in [-0.3, -0.25) is 4.99 Å². The van der Waals surface area contributed by atoms with Gasteiger partial charge < -0.3 is 15.1 Å². The molecule has 1 aromatic rings. The summed E-state index contributed by atoms with van der Waals surface area (Å²) < 4.78 is 0. The second-order valence-corrected chi connectivity index (χ2v) is 7.17. The predicted octanol–water partition coefficient (Wildman–Crippen LogP) is 2.95. The average molecular weight is 314 g/mol. The second kappa shape index (κ2) is 7.24. The maximum atomic E-state index is 4.51. The third kappa shape index (κ3) is 3.80. The number of anilines is 1. The number of benzene rings is 1. The number of fused-ring (bicyclic) bond motifs is 1. The molecule has 2 unspecified atom stereocenters. The summed E-state index contributed by atoms with van der Waals surface area (Å²) in [5, 5.41) is 3.55. The van der Waals surface area contributed by atoms with Gasteiger partial charge in [-0.15, -0.1) is 0 Å². The minimum absolute atomic E-state index is 0.839. The van der Waals surface area contributed by atoms with E-state index in [0.29, 0.717) is 0 Å². The maximum absolute atomic E-state index is 4.51. The lowest BCUT2D eigenvalue weighted by Gasteiger charge is -2.22. The molecule has 1 aliphatic carbocycles. The zero-order valence-electron chi connectivity index (χ0n) is 14.8. The SMILES string of the molecule is CN=C(NCc1ccc(N(C)C)cc1)N1CC2CCCCC2C1. The fourth-order valence-electron chi connectivity index (χ4n) is 4.00. The summed E-state index contributed by atoms with van der Waals surface area (Å²) in [5.41, 5.74) is 2.54. The van der Waals surface area contributed by atoms with Crippen LogP contribution in [0.3, 0.4) is 0 Å². The summed E-state index contributed by atoms with van der Waals surface area (Å²) in [6.07, 6.45) is 5.65. The largest absolute Gasteiger partial charge is 0.378 e. The molecule has 1 aliphatic heterocycles. The highest BCUT2D eigenvalue weighted by molar-refractivity contribution is 5.80. The molecule has 1 saturated carbocycles. The smallest absolute Gasteiger partial charge is 0.193 e. The third-order valence-electron chi connectivity index (χ3n) is 5.39. The topological polar surface area (TPSA) is 30.9 Å². The number of aliphatic imine (C=N–C) groups is 1. The molecule has 0 bridgehead atoms. The van der Waals surface area contributed by atoms with E-state index in [4.69, 9.17) is 0 Å². The van der Waals surface area contributed by atoms with Gasteiger partial charge >= 0.3 is 0 Å². The van der Waals surface area contributed by atoms with Crippen molar-refractivity contribution >= 4 is 11.6 Å². The van der Waals surface area contributed by atoms with E-state index in [0.717, 1.165) is 24.3 Å². The number of guanidine groups is 1. The minimum atomic E-state index is 0.839. The number of hydrogen-bond donors (Lipinski definition) is 1. The summed E-state index contributed by atoms with van der Waals surface area (Å²) in [7, 11) is 6.04. The highest BCUT2D eigenvalue weighted by atomic mass is 15.3. The van der Waals surface area contributed by atoms with Gasteiger partial charge in [0.05, 0.1) is 0 Å². The molecule has 2 aliphatic rings. The summed E-state index contributed by atoms with van der Waals surface area (Å²) >= 11 is 0. The molecule has 0 aromatic heterocycles. The van der Waals surface area contributed by atoms with Crippen molar-refractivity contribution in [2.75, 3.05) is 39.1 Å². The molecule has 1 saturated heterocycles. The molecule has 0 radical (unpaired) electrons. The van der Waals surface area contributed by atoms with Crippen molar-refractivity contribution in [3.8, 4) is 0 Å². The van der Waals surface area contributed by atoms with E-state index in [1.807, 2.05) is 7.05 Å². The first-order valence-electron chi connectivity index (χ1n) is 8.89. The monoisotopic (exact) mass is 314 g/mol. The first-order chi connectivity index (χ1) is 11.2. The van der Waals surface area contributed by atoms with Crippen LogP contribution in [0.1, 0.15) is 31.2 Å². The Balaban J connectivity index is 1.56. The van der Waals surface area contributed by atoms with Crippen LogP contribution >= 0.6 is 0 Å². The zero-order valence-corrected chi connectivity index (χ0v) is 14.8. The zero-order chi connectivity index (χ0) is 16.2. The van der Waals surface area contributed by atoms with Crippen LogP contribution in [0.2, 0.25) is 0 Å². The van der Waals surface area contributed by atoms with Crippen molar-refractivity contribution in [3.05, 3.63) is 29.8 Å². The Bertz CT molecular complexity index is 521. The molecular formula is C19H30N4. The van der Waals surface area contributed by atoms with Crippen LogP contribution in [0.4, 0.5) is 5.69 Å². The van der Waals surface area contributed by atoms with E-state index in [-0.39, 0.29) is 0 Å². The van der Waals surface area contributed by atoms with Crippen LogP contribution < -0.4 is 10.2 Å². The third-order valence-corrected chi connectivity index (χ3v) is 5.39. The highest BCUT2D eigenvalue weighted by Crippen LogP contribution is 2.35. The Morgan fingerprint density at radius 1 is 1.13 bits per heavy atom. The van der Waals surface area contributed by atoms with E-state index in [9.17, 15) is 0 Å². The van der Waals surface area contributed by atoms with Crippen molar-refractivity contribution in [1.29, 1.82) is 0 Å². The van der Waals surface area contributed by atoms with Gasteiger partial charge in [0.15, 0.2) is 5.96 Å². The molecule has 23 heavy (non-hydrogen) atoms. The Morgan fingerprint density at radius 3 is 2.26 bits per heavy atom. The van der Waals surface area contributed by atoms with Crippen LogP contribution in [-0.4, -0.2) is 45.1 Å². The maximum Gasteiger partial charge on any atom is 0.193 e. The van der Waals surface area contributed by atoms with E-state index in [2.05, 4.69) is 58.5 Å². The number of hydrogen-bond acceptors (Lipinski definition) is 2. The molecule has 0 amide bonds. The van der Waals surface area contributed by atoms with Crippen molar-refractivity contribution in [1.82, 2.24) is 10.2 Å². The number of likely N-dealkylation sites (tertiary alicyclic amines) is 1. The molecule has 2 fully saturated rings. The van der Waals surface area contributed by atoms with Gasteiger partial charge in [0.1, 0.15) is 0 Å². The van der Waals surface area contributed by atoms with E-state index in [1.54, 1.807) is 0 Å². The van der Waals surface area contributed by atoms with Crippen molar-refractivity contribution in [2.45, 2.75) is 32.2 Å². The lowest BCUT2D eigenvalue weighted by Crippen LogP contribution is -2.39. The molecule has 0 spiro atoms. The van der Waals surface area contributed by atoms with Crippen LogP contribution in [0.25, 0.3) is 0 Å². The molecule has 126 valence electrons. The summed E-state index contributed by atoms with van der Waals surface area (Å²) in [6, 6.07) is 8.73. The first-order valence-corrected chi connectivity index (χ1v) is 8.89. The number of nitrogens with one attached hydrogen (secondary N) is 1. The van der Waals surface area contributed by atoms with Crippen molar-refractivity contribution in [3.63, 3.8) is 0 Å². The molecule has 1 N–H and O–H groups in total. The number of rotatable bonds is 3. The van der Waals surface area contributed by atoms with Gasteiger partial charge in [0.25, 0.3) is 0 Å². The van der Waals surface area contributed by atoms with Crippen LogP contribution in [0, 0.1) is 11.8 Å². The van der Waals surface area contributed by atoms with Gasteiger partial charge in [-0.1, -0.05) is 25.0 Å². The molecular weight excluding hydrogens is 284 g/mol. The Labute approximate surface area is 140 Å². The highest BCUT2D eigenvalue weighted by Gasteiger charge is 2.35. The summed E-state index contributed by atoms with van der Waals surface area (Å²) in [4.78, 5) is 9.11. The lowest BCUT2D eigenvalue weighted by molar-refractivity contribution is 0.299. The van der Waals surface area contributed by atoms with E-state index in [1.165, 1.54) is 50.0 Å². The fourth-order valence-corrected chi connectivity index (χ4v) is 4.00. The van der Waals surface area contributed by atoms with Crippen LogP contribution in [0.5, 0.6) is 0 Å². The molecule has 1 heterocycles.